The second-order valence-corrected chi connectivity index (χ2v) is 21.6. The van der Waals surface area contributed by atoms with Crippen LogP contribution in [0.1, 0.15) is 147 Å². The predicted molar refractivity (Wildman–Crippen MR) is 303 cm³/mol. The average molecular weight is 948 g/mol. The predicted octanol–water partition coefficient (Wildman–Crippen LogP) is 20.4. The monoisotopic (exact) mass is 948 g/mol. The molecule has 0 saturated carbocycles. The Morgan fingerprint density at radius 2 is 0.957 bits per heavy atom. The van der Waals surface area contributed by atoms with Crippen molar-refractivity contribution < 1.29 is 0 Å². The fourth-order valence-electron chi connectivity index (χ4n) is 10.5. The Morgan fingerprint density at radius 1 is 0.406 bits per heavy atom. The molecule has 0 aliphatic heterocycles. The van der Waals surface area contributed by atoms with Crippen LogP contribution in [0.3, 0.4) is 0 Å². The zero-order valence-corrected chi connectivity index (χ0v) is 43.3. The maximum atomic E-state index is 5.83. The molecule has 5 heteroatoms. The number of aryl methyl sites for hydroxylation is 3. The Morgan fingerprint density at radius 3 is 1.57 bits per heavy atom. The van der Waals surface area contributed by atoms with Gasteiger partial charge in [-0.05, 0) is 96.6 Å². The summed E-state index contributed by atoms with van der Waals surface area (Å²) in [5.74, 6) is 0. The van der Waals surface area contributed by atoms with Gasteiger partial charge in [0.05, 0.1) is 22.4 Å². The molecule has 0 spiro atoms. The summed E-state index contributed by atoms with van der Waals surface area (Å²) >= 11 is 3.64. The average Bonchev–Trinajstić information content (AvgIpc) is 4.18. The smallest absolute Gasteiger partial charge is 0.0988 e. The topological polar surface area (TPSA) is 30.7 Å². The molecule has 0 amide bonds. The molecule has 3 nitrogen and oxygen atoms in total. The normalized spacial score (nSPS) is 11.8. The maximum absolute atomic E-state index is 5.83. The van der Waals surface area contributed by atoms with Gasteiger partial charge < -0.3 is 4.57 Å². The van der Waals surface area contributed by atoms with Crippen LogP contribution in [0, 0.1) is 0 Å². The molecule has 0 radical (unpaired) electrons. The Balaban J connectivity index is 1.12. The van der Waals surface area contributed by atoms with Gasteiger partial charge in [0.25, 0.3) is 0 Å². The van der Waals surface area contributed by atoms with E-state index in [1.807, 2.05) is 11.3 Å². The van der Waals surface area contributed by atoms with Crippen molar-refractivity contribution in [3.8, 4) is 53.8 Å². The zero-order chi connectivity index (χ0) is 47.2. The molecule has 0 fully saturated rings. The summed E-state index contributed by atoms with van der Waals surface area (Å²) in [4.78, 5) is 15.3. The molecule has 69 heavy (non-hydrogen) atoms. The molecule has 4 heterocycles. The number of nitrogens with zero attached hydrogens (tertiary/aromatic N) is 3. The molecule has 9 aromatic rings. The number of aromatic nitrogens is 3. The standard InChI is InChI=1S/C64H73N3S2/c1-4-7-10-13-16-19-27-47-29-24-31-50(44-47)61-62(51-32-25-30-48(45-51)28-20-17-14-11-8-5-2)66-64-55(39-38-54(63(64)65-61)59-35-26-43-68-59)60-41-40-58(69-60)49-36-37-53-52-33-21-22-34-56(52)67(57(53)46-49)42-23-18-15-12-9-6-3/h21-22,24-26,29-41,43-46H,4-20,23,27-28,42H2,1-3H3. The highest BCUT2D eigenvalue weighted by Gasteiger charge is 2.21. The van der Waals surface area contributed by atoms with Crippen molar-refractivity contribution in [3.63, 3.8) is 0 Å². The summed E-state index contributed by atoms with van der Waals surface area (Å²) < 4.78 is 2.58. The number of hydrogen-bond acceptors (Lipinski definition) is 4. The van der Waals surface area contributed by atoms with E-state index in [0.717, 1.165) is 64.1 Å². The first-order valence-corrected chi connectivity index (χ1v) is 28.5. The van der Waals surface area contributed by atoms with Gasteiger partial charge in [0, 0.05) is 65.2 Å². The van der Waals surface area contributed by atoms with Crippen molar-refractivity contribution in [1.29, 1.82) is 0 Å². The van der Waals surface area contributed by atoms with E-state index < -0.39 is 0 Å². The third-order valence-electron chi connectivity index (χ3n) is 14.3. The van der Waals surface area contributed by atoms with Gasteiger partial charge in [-0.15, -0.1) is 22.7 Å². The highest BCUT2D eigenvalue weighted by atomic mass is 32.1. The van der Waals surface area contributed by atoms with Gasteiger partial charge >= 0.3 is 0 Å². The van der Waals surface area contributed by atoms with Gasteiger partial charge in [0.2, 0.25) is 0 Å². The molecular formula is C64H73N3S2. The number of thiophene rings is 2. The van der Waals surface area contributed by atoms with Crippen LogP contribution in [-0.4, -0.2) is 14.5 Å². The molecule has 356 valence electrons. The first kappa shape index (κ1) is 48.7. The molecule has 0 atom stereocenters. The second kappa shape index (κ2) is 24.5. The molecule has 9 rings (SSSR count). The third-order valence-corrected chi connectivity index (χ3v) is 16.4. The molecule has 0 aliphatic carbocycles. The lowest BCUT2D eigenvalue weighted by molar-refractivity contribution is 0.571. The summed E-state index contributed by atoms with van der Waals surface area (Å²) in [6.07, 6.45) is 25.5. The molecule has 5 aromatic carbocycles. The fraction of sp³-hybridized carbons (Fsp3) is 0.375. The largest absolute Gasteiger partial charge is 0.340 e. The highest BCUT2D eigenvalue weighted by Crippen LogP contribution is 2.44. The Hall–Kier alpha value is -5.36. The first-order chi connectivity index (χ1) is 34.1. The van der Waals surface area contributed by atoms with Crippen LogP contribution in [0.2, 0.25) is 0 Å². The summed E-state index contributed by atoms with van der Waals surface area (Å²) in [6.45, 7) is 7.93. The van der Waals surface area contributed by atoms with Crippen LogP contribution in [-0.2, 0) is 19.4 Å². The van der Waals surface area contributed by atoms with E-state index in [-0.39, 0.29) is 0 Å². The SMILES string of the molecule is CCCCCCCCc1cccc(-c2nc3c(-c4cccs4)ccc(-c4ccc(-c5ccc6c7ccccc7n(CCCCCCCC)c6c5)s4)c3nc2-c2cccc(CCCCCCCC)c2)c1. The molecule has 0 saturated heterocycles. The van der Waals surface area contributed by atoms with Gasteiger partial charge in [-0.3, -0.25) is 0 Å². The molecule has 0 N–H and O–H groups in total. The van der Waals surface area contributed by atoms with E-state index in [1.165, 1.54) is 169 Å². The molecular weight excluding hydrogens is 875 g/mol. The lowest BCUT2D eigenvalue weighted by Gasteiger charge is -2.16. The summed E-state index contributed by atoms with van der Waals surface area (Å²) in [5, 5.41) is 4.86. The van der Waals surface area contributed by atoms with E-state index in [2.05, 4.69) is 158 Å². The van der Waals surface area contributed by atoms with Crippen LogP contribution in [0.4, 0.5) is 0 Å². The van der Waals surface area contributed by atoms with Crippen LogP contribution >= 0.6 is 22.7 Å². The summed E-state index contributed by atoms with van der Waals surface area (Å²) in [7, 11) is 0. The van der Waals surface area contributed by atoms with Crippen LogP contribution in [0.25, 0.3) is 86.7 Å². The lowest BCUT2D eigenvalue weighted by atomic mass is 9.96. The minimum Gasteiger partial charge on any atom is -0.340 e. The second-order valence-electron chi connectivity index (χ2n) is 19.5. The number of para-hydroxylation sites is 1. The van der Waals surface area contributed by atoms with Crippen molar-refractivity contribution in [2.24, 2.45) is 0 Å². The van der Waals surface area contributed by atoms with Crippen molar-refractivity contribution in [1.82, 2.24) is 14.5 Å². The number of unbranched alkanes of at least 4 members (excludes halogenated alkanes) is 15. The van der Waals surface area contributed by atoms with Crippen LogP contribution in [0.15, 0.2) is 133 Å². The van der Waals surface area contributed by atoms with Crippen molar-refractivity contribution in [2.75, 3.05) is 0 Å². The minimum atomic E-state index is 0.965. The van der Waals surface area contributed by atoms with E-state index in [9.17, 15) is 0 Å². The van der Waals surface area contributed by atoms with E-state index in [0.29, 0.717) is 0 Å². The van der Waals surface area contributed by atoms with Crippen molar-refractivity contribution in [2.45, 2.75) is 156 Å². The molecule has 4 aromatic heterocycles. The zero-order valence-electron chi connectivity index (χ0n) is 41.7. The highest BCUT2D eigenvalue weighted by molar-refractivity contribution is 7.19. The quantitative estimate of drug-likeness (QED) is 0.0507. The number of rotatable bonds is 26. The Kier molecular flexibility index (Phi) is 17.2. The van der Waals surface area contributed by atoms with E-state index in [4.69, 9.17) is 9.97 Å². The minimum absolute atomic E-state index is 0.965. The van der Waals surface area contributed by atoms with Gasteiger partial charge in [-0.25, -0.2) is 9.97 Å². The van der Waals surface area contributed by atoms with E-state index >= 15 is 0 Å². The van der Waals surface area contributed by atoms with Crippen molar-refractivity contribution >= 4 is 55.5 Å². The van der Waals surface area contributed by atoms with E-state index in [1.54, 1.807) is 11.3 Å². The number of benzene rings is 5. The molecule has 0 aliphatic rings. The van der Waals surface area contributed by atoms with Gasteiger partial charge in [-0.1, -0.05) is 202 Å². The van der Waals surface area contributed by atoms with Crippen molar-refractivity contribution in [3.05, 3.63) is 144 Å². The fourth-order valence-corrected chi connectivity index (χ4v) is 12.2. The molecule has 0 unspecified atom stereocenters. The Labute approximate surface area is 421 Å². The van der Waals surface area contributed by atoms with Crippen LogP contribution < -0.4 is 0 Å². The number of fused-ring (bicyclic) bond motifs is 4. The first-order valence-electron chi connectivity index (χ1n) is 26.8. The summed E-state index contributed by atoms with van der Waals surface area (Å²) in [5.41, 5.74) is 15.1. The Bertz CT molecular complexity index is 3040. The van der Waals surface area contributed by atoms with Gasteiger partial charge in [-0.2, -0.15) is 0 Å². The van der Waals surface area contributed by atoms with Crippen LogP contribution in [0.5, 0.6) is 0 Å². The summed E-state index contributed by atoms with van der Waals surface area (Å²) in [6, 6.07) is 48.2. The number of hydrogen-bond donors (Lipinski definition) is 0. The molecule has 0 bridgehead atoms. The maximum Gasteiger partial charge on any atom is 0.0988 e. The van der Waals surface area contributed by atoms with Gasteiger partial charge in [0.15, 0.2) is 0 Å². The van der Waals surface area contributed by atoms with Gasteiger partial charge in [0.1, 0.15) is 0 Å². The lowest BCUT2D eigenvalue weighted by Crippen LogP contribution is -1.99. The third kappa shape index (κ3) is 11.8.